The van der Waals surface area contributed by atoms with E-state index in [4.69, 9.17) is 10.00 Å². The average molecular weight is 225 g/mol. The van der Waals surface area contributed by atoms with E-state index in [-0.39, 0.29) is 24.4 Å². The Labute approximate surface area is 96.6 Å². The molecule has 2 unspecified atom stereocenters. The van der Waals surface area contributed by atoms with Crippen molar-refractivity contribution >= 4 is 5.91 Å². The van der Waals surface area contributed by atoms with Gasteiger partial charge < -0.3 is 9.64 Å². The lowest BCUT2D eigenvalue weighted by molar-refractivity contribution is -0.143. The van der Waals surface area contributed by atoms with Crippen LogP contribution in [-0.4, -0.2) is 61.6 Å². The van der Waals surface area contributed by atoms with Crippen molar-refractivity contribution in [3.8, 4) is 6.07 Å². The standard InChI is InChI=1S/C11H19N3O2/c1-9-8-13(2)11(15)10(4-5-12)14(9)6-7-16-3/h9-10H,4,6-8H2,1-3H3. The summed E-state index contributed by atoms with van der Waals surface area (Å²) >= 11 is 0. The van der Waals surface area contributed by atoms with Crippen molar-refractivity contribution in [2.75, 3.05) is 33.9 Å². The van der Waals surface area contributed by atoms with E-state index in [9.17, 15) is 4.79 Å². The van der Waals surface area contributed by atoms with Crippen molar-refractivity contribution in [3.05, 3.63) is 0 Å². The molecule has 0 radical (unpaired) electrons. The van der Waals surface area contributed by atoms with Crippen LogP contribution in [0.3, 0.4) is 0 Å². The molecule has 1 heterocycles. The molecule has 1 fully saturated rings. The summed E-state index contributed by atoms with van der Waals surface area (Å²) in [6.45, 7) is 4.07. The van der Waals surface area contributed by atoms with Crippen molar-refractivity contribution in [1.29, 1.82) is 5.26 Å². The number of carbonyl (C=O) groups is 1. The fourth-order valence-corrected chi connectivity index (χ4v) is 2.16. The first-order chi connectivity index (χ1) is 7.61. The van der Waals surface area contributed by atoms with Gasteiger partial charge in [0.05, 0.1) is 19.1 Å². The number of ether oxygens (including phenoxy) is 1. The summed E-state index contributed by atoms with van der Waals surface area (Å²) in [4.78, 5) is 15.7. The summed E-state index contributed by atoms with van der Waals surface area (Å²) in [5, 5.41) is 8.77. The van der Waals surface area contributed by atoms with Crippen LogP contribution in [0.1, 0.15) is 13.3 Å². The van der Waals surface area contributed by atoms with E-state index in [1.165, 1.54) is 0 Å². The molecule has 0 N–H and O–H groups in total. The molecule has 90 valence electrons. The van der Waals surface area contributed by atoms with E-state index in [2.05, 4.69) is 17.9 Å². The van der Waals surface area contributed by atoms with E-state index in [1.54, 1.807) is 19.1 Å². The fourth-order valence-electron chi connectivity index (χ4n) is 2.16. The first-order valence-corrected chi connectivity index (χ1v) is 5.48. The van der Waals surface area contributed by atoms with Gasteiger partial charge in [0, 0.05) is 33.3 Å². The van der Waals surface area contributed by atoms with Gasteiger partial charge in [0.1, 0.15) is 6.04 Å². The molecule has 16 heavy (non-hydrogen) atoms. The lowest BCUT2D eigenvalue weighted by atomic mass is 10.0. The maximum Gasteiger partial charge on any atom is 0.240 e. The zero-order valence-electron chi connectivity index (χ0n) is 10.1. The number of methoxy groups -OCH3 is 1. The predicted molar refractivity (Wildman–Crippen MR) is 59.7 cm³/mol. The van der Waals surface area contributed by atoms with Gasteiger partial charge in [0.15, 0.2) is 0 Å². The predicted octanol–water partition coefficient (Wildman–Crippen LogP) is 0.0776. The molecule has 0 spiro atoms. The Bertz CT molecular complexity index is 287. The van der Waals surface area contributed by atoms with Gasteiger partial charge in [-0.25, -0.2) is 0 Å². The third-order valence-corrected chi connectivity index (χ3v) is 3.00. The van der Waals surface area contributed by atoms with Crippen LogP contribution < -0.4 is 0 Å². The lowest BCUT2D eigenvalue weighted by Gasteiger charge is -2.42. The van der Waals surface area contributed by atoms with Crippen LogP contribution in [0.15, 0.2) is 0 Å². The Morgan fingerprint density at radius 3 is 2.88 bits per heavy atom. The van der Waals surface area contributed by atoms with Gasteiger partial charge in [-0.3, -0.25) is 9.69 Å². The van der Waals surface area contributed by atoms with E-state index in [1.807, 2.05) is 0 Å². The molecular formula is C11H19N3O2. The quantitative estimate of drug-likeness (QED) is 0.680. The topological polar surface area (TPSA) is 56.6 Å². The Kier molecular flexibility index (Phi) is 4.71. The average Bonchev–Trinajstić information content (AvgIpc) is 2.25. The number of rotatable bonds is 4. The molecule has 0 aromatic carbocycles. The number of piperazine rings is 1. The van der Waals surface area contributed by atoms with E-state index in [0.717, 1.165) is 0 Å². The van der Waals surface area contributed by atoms with E-state index in [0.29, 0.717) is 19.7 Å². The van der Waals surface area contributed by atoms with Crippen molar-refractivity contribution in [1.82, 2.24) is 9.80 Å². The van der Waals surface area contributed by atoms with Crippen LogP contribution in [0.5, 0.6) is 0 Å². The Morgan fingerprint density at radius 2 is 2.31 bits per heavy atom. The second-order valence-electron chi connectivity index (χ2n) is 4.18. The number of amides is 1. The molecule has 0 saturated carbocycles. The molecule has 0 aliphatic carbocycles. The summed E-state index contributed by atoms with van der Waals surface area (Å²) in [5.74, 6) is 0.0377. The highest BCUT2D eigenvalue weighted by atomic mass is 16.5. The van der Waals surface area contributed by atoms with Gasteiger partial charge in [-0.05, 0) is 6.92 Å². The highest BCUT2D eigenvalue weighted by molar-refractivity contribution is 5.82. The van der Waals surface area contributed by atoms with E-state index < -0.39 is 0 Å². The zero-order chi connectivity index (χ0) is 12.1. The van der Waals surface area contributed by atoms with Crippen LogP contribution >= 0.6 is 0 Å². The Hall–Kier alpha value is -1.12. The highest BCUT2D eigenvalue weighted by Gasteiger charge is 2.36. The third kappa shape index (κ3) is 2.71. The summed E-state index contributed by atoms with van der Waals surface area (Å²) in [6.07, 6.45) is 0.247. The Morgan fingerprint density at radius 1 is 1.62 bits per heavy atom. The molecule has 0 aromatic heterocycles. The van der Waals surface area contributed by atoms with Gasteiger partial charge in [0.25, 0.3) is 0 Å². The molecule has 5 nitrogen and oxygen atoms in total. The normalized spacial score (nSPS) is 26.9. The van der Waals surface area contributed by atoms with Crippen LogP contribution in [0.4, 0.5) is 0 Å². The van der Waals surface area contributed by atoms with Crippen molar-refractivity contribution < 1.29 is 9.53 Å². The maximum atomic E-state index is 11.9. The van der Waals surface area contributed by atoms with Gasteiger partial charge in [-0.1, -0.05) is 0 Å². The molecule has 1 aliphatic rings. The molecule has 1 amide bonds. The lowest BCUT2D eigenvalue weighted by Crippen LogP contribution is -2.60. The minimum atomic E-state index is -0.311. The SMILES string of the molecule is COCCN1C(C)CN(C)C(=O)C1CC#N. The van der Waals surface area contributed by atoms with Crippen LogP contribution in [0.25, 0.3) is 0 Å². The molecule has 1 saturated heterocycles. The summed E-state index contributed by atoms with van der Waals surface area (Å²) in [5.41, 5.74) is 0. The highest BCUT2D eigenvalue weighted by Crippen LogP contribution is 2.17. The van der Waals surface area contributed by atoms with Crippen LogP contribution in [0, 0.1) is 11.3 Å². The second kappa shape index (κ2) is 5.83. The molecule has 1 aliphatic heterocycles. The van der Waals surface area contributed by atoms with Gasteiger partial charge in [-0.2, -0.15) is 5.26 Å². The maximum absolute atomic E-state index is 11.9. The smallest absolute Gasteiger partial charge is 0.240 e. The van der Waals surface area contributed by atoms with Crippen molar-refractivity contribution in [2.45, 2.75) is 25.4 Å². The van der Waals surface area contributed by atoms with Crippen molar-refractivity contribution in [3.63, 3.8) is 0 Å². The number of nitrogens with zero attached hydrogens (tertiary/aromatic N) is 3. The van der Waals surface area contributed by atoms with Gasteiger partial charge in [-0.15, -0.1) is 0 Å². The van der Waals surface area contributed by atoms with Gasteiger partial charge >= 0.3 is 0 Å². The summed E-state index contributed by atoms with van der Waals surface area (Å²) in [6, 6.07) is 2.05. The summed E-state index contributed by atoms with van der Waals surface area (Å²) < 4.78 is 5.03. The van der Waals surface area contributed by atoms with Gasteiger partial charge in [0.2, 0.25) is 5.91 Å². The monoisotopic (exact) mass is 225 g/mol. The minimum absolute atomic E-state index is 0.0377. The Balaban J connectivity index is 2.75. The molecule has 0 aromatic rings. The third-order valence-electron chi connectivity index (χ3n) is 3.00. The van der Waals surface area contributed by atoms with Crippen LogP contribution in [-0.2, 0) is 9.53 Å². The molecule has 0 bridgehead atoms. The number of hydrogen-bond donors (Lipinski definition) is 0. The number of likely N-dealkylation sites (N-methyl/N-ethyl adjacent to an activating group) is 1. The number of hydrogen-bond acceptors (Lipinski definition) is 4. The second-order valence-corrected chi connectivity index (χ2v) is 4.18. The van der Waals surface area contributed by atoms with E-state index >= 15 is 0 Å². The molecular weight excluding hydrogens is 206 g/mol. The summed E-state index contributed by atoms with van der Waals surface area (Å²) in [7, 11) is 3.43. The van der Waals surface area contributed by atoms with Crippen molar-refractivity contribution in [2.24, 2.45) is 0 Å². The largest absolute Gasteiger partial charge is 0.383 e. The minimum Gasteiger partial charge on any atom is -0.383 e. The molecule has 5 heteroatoms. The molecule has 2 atom stereocenters. The molecule has 1 rings (SSSR count). The first-order valence-electron chi connectivity index (χ1n) is 5.48. The first kappa shape index (κ1) is 12.9. The zero-order valence-corrected chi connectivity index (χ0v) is 10.1. The van der Waals surface area contributed by atoms with Crippen LogP contribution in [0.2, 0.25) is 0 Å². The number of carbonyl (C=O) groups excluding carboxylic acids is 1. The fraction of sp³-hybridized carbons (Fsp3) is 0.818. The number of nitriles is 1.